The van der Waals surface area contributed by atoms with E-state index in [0.717, 1.165) is 53.5 Å². The lowest BCUT2D eigenvalue weighted by Crippen LogP contribution is -2.73. The van der Waals surface area contributed by atoms with Crippen molar-refractivity contribution in [3.8, 4) is 17.6 Å². The van der Waals surface area contributed by atoms with E-state index < -0.39 is 89.5 Å². The molecule has 0 aromatic heterocycles. The predicted octanol–water partition coefficient (Wildman–Crippen LogP) is 7.67. The molecule has 0 amide bonds. The number of aliphatic hydroxyl groups is 7. The number of aliphatic hydroxyl groups excluding tert-OH is 6. The Bertz CT molecular complexity index is 2670. The normalized spacial score (nSPS) is 28.6. The third-order valence-electron chi connectivity index (χ3n) is 18.9. The van der Waals surface area contributed by atoms with Gasteiger partial charge in [-0.2, -0.15) is 0 Å². The van der Waals surface area contributed by atoms with Crippen molar-refractivity contribution in [3.63, 3.8) is 0 Å². The lowest BCUT2D eigenvalue weighted by atomic mass is 9.52. The van der Waals surface area contributed by atoms with Crippen LogP contribution in [-0.2, 0) is 47.1 Å². The van der Waals surface area contributed by atoms with E-state index in [4.69, 9.17) is 0 Å². The van der Waals surface area contributed by atoms with Gasteiger partial charge < -0.3 is 61.7 Å². The molecule has 8 rings (SSSR count). The van der Waals surface area contributed by atoms with Crippen LogP contribution in [-0.4, -0.2) is 129 Å². The van der Waals surface area contributed by atoms with E-state index in [-0.39, 0.29) is 69.6 Å². The average molecular weight is 1110 g/mol. The maximum absolute atomic E-state index is 14.7. The molecule has 3 aromatic carbocycles. The fraction of sp³-hybridized carbons (Fsp3) is 0.606. The standard InChI is InChI=1S/C66H92N2O12/c1-5-7-16-57(72)58(73)30-22-46-21-20-45-14-11-13-44(6-2)52(45)15-12-35-66(64(4,80)65(33-9-8-10-34-65)49-24-26-50(70)27-25-49)40-43-18-19-48(47(36-43)23-32-61(76)77)37-60(75)53-28-17-42(3)67-63(55(53)39-62(78)79)59(74)31-29-56(68-66)54(46)38-51(71)41-69/h11,13-14,18-19,22,24-27,30,36,42,51,53,55-60,63,67-75,80H,5-10,16-17,20-21,23,28-29,31-35,37-41H2,1-4H3,(H,76,77)(H,78,79)/b30-22+,54-46+/t42-,51+,53-,55-,56-,57+,58-,59-,60-,63-,64+,66-/m1/s1. The van der Waals surface area contributed by atoms with Crippen LogP contribution in [0.2, 0.25) is 0 Å². The Morgan fingerprint density at radius 3 is 2.33 bits per heavy atom. The number of aromatic hydroxyl groups is 1. The molecular formula is C66H92N2O12. The molecule has 4 aliphatic heterocycles. The van der Waals surface area contributed by atoms with E-state index in [0.29, 0.717) is 80.1 Å². The van der Waals surface area contributed by atoms with Crippen molar-refractivity contribution in [2.24, 2.45) is 11.8 Å². The maximum Gasteiger partial charge on any atom is 0.303 e. The van der Waals surface area contributed by atoms with E-state index in [1.165, 1.54) is 0 Å². The lowest BCUT2D eigenvalue weighted by molar-refractivity contribution is -0.140. The summed E-state index contributed by atoms with van der Waals surface area (Å²) < 4.78 is 0. The molecule has 14 nitrogen and oxygen atoms in total. The number of phenolic OH excluding ortho intramolecular Hbond substituents is 1. The summed E-state index contributed by atoms with van der Waals surface area (Å²) in [6.45, 7) is 7.38. The van der Waals surface area contributed by atoms with Crippen molar-refractivity contribution in [2.45, 2.75) is 234 Å². The quantitative estimate of drug-likeness (QED) is 0.0546. The van der Waals surface area contributed by atoms with Gasteiger partial charge in [0.25, 0.3) is 0 Å². The highest BCUT2D eigenvalue weighted by Crippen LogP contribution is 2.54. The molecule has 5 aliphatic rings. The number of rotatable bonds is 18. The van der Waals surface area contributed by atoms with Crippen LogP contribution in [0.4, 0.5) is 0 Å². The number of carboxylic acids is 2. The fourth-order valence-corrected chi connectivity index (χ4v) is 14.2. The zero-order valence-corrected chi connectivity index (χ0v) is 47.8. The van der Waals surface area contributed by atoms with Crippen LogP contribution < -0.4 is 10.6 Å². The molecule has 4 heterocycles. The van der Waals surface area contributed by atoms with Gasteiger partial charge in [0.2, 0.25) is 0 Å². The number of carbonyl (C=O) groups is 2. The van der Waals surface area contributed by atoms with Gasteiger partial charge >= 0.3 is 11.9 Å². The second-order valence-corrected chi connectivity index (χ2v) is 24.2. The molecule has 14 heteroatoms. The van der Waals surface area contributed by atoms with Crippen LogP contribution in [0.5, 0.6) is 5.75 Å². The number of fused-ring (bicyclic) bond motifs is 6. The van der Waals surface area contributed by atoms with E-state index in [9.17, 15) is 60.7 Å². The Hall–Kier alpha value is -4.92. The number of unbranched alkanes of at least 4 members (excludes halogenated alkanes) is 1. The van der Waals surface area contributed by atoms with Crippen LogP contribution in [0.15, 0.2) is 84.0 Å². The summed E-state index contributed by atoms with van der Waals surface area (Å²) >= 11 is 0. The van der Waals surface area contributed by atoms with Gasteiger partial charge in [0.15, 0.2) is 0 Å². The van der Waals surface area contributed by atoms with Crippen molar-refractivity contribution < 1.29 is 60.7 Å². The second kappa shape index (κ2) is 28.4. The minimum absolute atomic E-state index is 0.0503. The summed E-state index contributed by atoms with van der Waals surface area (Å²) in [5.74, 6) is 4.01. The molecule has 2 fully saturated rings. The van der Waals surface area contributed by atoms with Crippen molar-refractivity contribution in [1.82, 2.24) is 10.6 Å². The van der Waals surface area contributed by atoms with Gasteiger partial charge in [-0.15, -0.1) is 0 Å². The first kappa shape index (κ1) is 62.7. The molecule has 0 unspecified atom stereocenters. The Balaban J connectivity index is 1.61. The molecule has 12 atom stereocenters. The van der Waals surface area contributed by atoms with Crippen molar-refractivity contribution in [1.29, 1.82) is 0 Å². The topological polar surface area (TPSA) is 260 Å². The number of phenols is 1. The molecule has 12 N–H and O–H groups in total. The molecule has 1 saturated carbocycles. The first-order valence-corrected chi connectivity index (χ1v) is 29.9. The second-order valence-electron chi connectivity index (χ2n) is 24.2. The molecule has 1 aliphatic carbocycles. The monoisotopic (exact) mass is 1100 g/mol. The van der Waals surface area contributed by atoms with Crippen LogP contribution in [0.1, 0.15) is 176 Å². The van der Waals surface area contributed by atoms with Crippen LogP contribution in [0.3, 0.4) is 0 Å². The smallest absolute Gasteiger partial charge is 0.303 e. The number of allylic oxidation sites excluding steroid dienone is 2. The van der Waals surface area contributed by atoms with Crippen molar-refractivity contribution >= 4 is 11.9 Å². The number of hydrogen-bond acceptors (Lipinski definition) is 12. The molecule has 1 saturated heterocycles. The van der Waals surface area contributed by atoms with Gasteiger partial charge in [0.1, 0.15) is 5.75 Å². The van der Waals surface area contributed by atoms with Gasteiger partial charge in [-0.1, -0.05) is 118 Å². The molecule has 0 radical (unpaired) electrons. The van der Waals surface area contributed by atoms with Gasteiger partial charge in [-0.3, -0.25) is 9.59 Å². The maximum atomic E-state index is 14.7. The van der Waals surface area contributed by atoms with E-state index in [1.807, 2.05) is 63.2 Å². The number of hydrogen-bond donors (Lipinski definition) is 12. The van der Waals surface area contributed by atoms with Gasteiger partial charge in [-0.05, 0) is 172 Å². The summed E-state index contributed by atoms with van der Waals surface area (Å²) in [6.07, 6.45) is 5.83. The molecule has 3 aromatic rings. The summed E-state index contributed by atoms with van der Waals surface area (Å²) in [7, 11) is 0. The third kappa shape index (κ3) is 14.8. The summed E-state index contributed by atoms with van der Waals surface area (Å²) in [4.78, 5) is 25.3. The highest BCUT2D eigenvalue weighted by Gasteiger charge is 2.60. The van der Waals surface area contributed by atoms with Crippen molar-refractivity contribution in [3.05, 3.63) is 123 Å². The Morgan fingerprint density at radius 2 is 1.64 bits per heavy atom. The van der Waals surface area contributed by atoms with Crippen LogP contribution >= 0.6 is 0 Å². The molecule has 80 heavy (non-hydrogen) atoms. The largest absolute Gasteiger partial charge is 0.508 e. The van der Waals surface area contributed by atoms with Gasteiger partial charge in [-0.25, -0.2) is 0 Å². The van der Waals surface area contributed by atoms with Gasteiger partial charge in [0.05, 0.1) is 54.7 Å². The Labute approximate surface area is 474 Å². The first-order valence-electron chi connectivity index (χ1n) is 29.9. The highest BCUT2D eigenvalue weighted by molar-refractivity contribution is 5.67. The summed E-state index contributed by atoms with van der Waals surface area (Å²) in [5, 5.41) is 125. The van der Waals surface area contributed by atoms with E-state index >= 15 is 0 Å². The molecule has 438 valence electrons. The fourth-order valence-electron chi connectivity index (χ4n) is 14.2. The van der Waals surface area contributed by atoms with E-state index in [1.54, 1.807) is 18.2 Å². The SMILES string of the molecule is CCCC[C@H](O)[C@H](O)/C=C/C1=C(\C[C@H](O)CO)[C@H]2CC[C@@H](O)[C@@H]3N[C@H](C)CC[C@H]([C@H]3CC(=O)O)[C@H](O)Cc3ccc(cc3CCC(=O)O)C[C@@]([C@@](C)(O)C3(c4ccc(O)cc4)CCCCC3)(CC#Cc3c(CC)cccc3CC1)N2. The highest BCUT2D eigenvalue weighted by atomic mass is 16.4. The number of aliphatic carboxylic acids is 2. The first-order chi connectivity index (χ1) is 38.2. The summed E-state index contributed by atoms with van der Waals surface area (Å²) in [6, 6.07) is 17.3. The number of benzene rings is 3. The van der Waals surface area contributed by atoms with E-state index in [2.05, 4.69) is 41.5 Å². The minimum atomic E-state index is -1.74. The van der Waals surface area contributed by atoms with Crippen molar-refractivity contribution in [2.75, 3.05) is 6.61 Å². The Morgan fingerprint density at radius 1 is 0.887 bits per heavy atom. The third-order valence-corrected chi connectivity index (χ3v) is 18.9. The predicted molar refractivity (Wildman–Crippen MR) is 310 cm³/mol. The number of carboxylic acid groups (broad SMARTS) is 2. The van der Waals surface area contributed by atoms with Gasteiger partial charge in [0, 0.05) is 41.9 Å². The lowest BCUT2D eigenvalue weighted by Gasteiger charge is -2.59. The number of aryl methyl sites for hydroxylation is 3. The van der Waals surface area contributed by atoms with Crippen LogP contribution in [0, 0.1) is 23.7 Å². The molecule has 6 bridgehead atoms. The zero-order chi connectivity index (χ0) is 57.8. The average Bonchev–Trinajstić information content (AvgIpc) is 3.69. The van der Waals surface area contributed by atoms with Crippen LogP contribution in [0.25, 0.3) is 0 Å². The summed E-state index contributed by atoms with van der Waals surface area (Å²) in [5.41, 5.74) is 3.05. The minimum Gasteiger partial charge on any atom is -0.508 e. The zero-order valence-electron chi connectivity index (χ0n) is 47.8. The molecular weight excluding hydrogens is 1010 g/mol. The molecule has 0 spiro atoms. The Kier molecular flexibility index (Phi) is 22.2. The number of nitrogens with one attached hydrogen (secondary N) is 2.